The summed E-state index contributed by atoms with van der Waals surface area (Å²) in [6.45, 7) is 6.24. The smallest absolute Gasteiger partial charge is 0.344 e. The van der Waals surface area contributed by atoms with Gasteiger partial charge in [-0.1, -0.05) is 13.8 Å². The van der Waals surface area contributed by atoms with E-state index in [1.807, 2.05) is 19.9 Å². The molecule has 4 nitrogen and oxygen atoms in total. The number of aliphatic carboxylic acids is 1. The Morgan fingerprint density at radius 1 is 1.39 bits per heavy atom. The summed E-state index contributed by atoms with van der Waals surface area (Å²) >= 11 is 0. The molecule has 0 aliphatic rings. The van der Waals surface area contributed by atoms with Crippen LogP contribution < -0.4 is 9.47 Å². The quantitative estimate of drug-likeness (QED) is 0.810. The first-order valence-corrected chi connectivity index (χ1v) is 6.23. The molecule has 0 heterocycles. The molecule has 4 heteroatoms. The number of rotatable bonds is 7. The van der Waals surface area contributed by atoms with Gasteiger partial charge in [0.1, 0.15) is 11.5 Å². The van der Waals surface area contributed by atoms with Gasteiger partial charge >= 0.3 is 5.97 Å². The van der Waals surface area contributed by atoms with Gasteiger partial charge in [0, 0.05) is 0 Å². The SMILES string of the molecule is CCCOc1ccc(OC(C)C(=O)O)c(CC)c1. The summed E-state index contributed by atoms with van der Waals surface area (Å²) in [4.78, 5) is 10.8. The minimum absolute atomic E-state index is 0.608. The van der Waals surface area contributed by atoms with E-state index in [4.69, 9.17) is 14.6 Å². The molecular weight excluding hydrogens is 232 g/mol. The molecule has 0 aliphatic carbocycles. The van der Waals surface area contributed by atoms with Gasteiger partial charge < -0.3 is 14.6 Å². The Labute approximate surface area is 108 Å². The maximum absolute atomic E-state index is 10.8. The molecule has 100 valence electrons. The van der Waals surface area contributed by atoms with Gasteiger partial charge in [-0.05, 0) is 43.5 Å². The number of benzene rings is 1. The third-order valence-corrected chi connectivity index (χ3v) is 2.54. The van der Waals surface area contributed by atoms with Gasteiger partial charge in [-0.25, -0.2) is 4.79 Å². The lowest BCUT2D eigenvalue weighted by atomic mass is 10.1. The maximum atomic E-state index is 10.8. The molecule has 1 aromatic carbocycles. The van der Waals surface area contributed by atoms with Crippen molar-refractivity contribution in [3.8, 4) is 11.5 Å². The number of hydrogen-bond acceptors (Lipinski definition) is 3. The highest BCUT2D eigenvalue weighted by Gasteiger charge is 2.14. The summed E-state index contributed by atoms with van der Waals surface area (Å²) in [5.41, 5.74) is 0.955. The van der Waals surface area contributed by atoms with E-state index >= 15 is 0 Å². The number of aryl methyl sites for hydroxylation is 1. The first-order valence-electron chi connectivity index (χ1n) is 6.23. The number of carbonyl (C=O) groups is 1. The minimum Gasteiger partial charge on any atom is -0.494 e. The Balaban J connectivity index is 2.82. The highest BCUT2D eigenvalue weighted by atomic mass is 16.5. The zero-order valence-electron chi connectivity index (χ0n) is 11.1. The average Bonchev–Trinajstić information content (AvgIpc) is 2.37. The van der Waals surface area contributed by atoms with Crippen LogP contribution in [-0.4, -0.2) is 23.8 Å². The molecule has 0 bridgehead atoms. The second kappa shape index (κ2) is 6.89. The molecular formula is C14H20O4. The van der Waals surface area contributed by atoms with Crippen LogP contribution in [0.1, 0.15) is 32.8 Å². The lowest BCUT2D eigenvalue weighted by Gasteiger charge is -2.15. The van der Waals surface area contributed by atoms with Crippen molar-refractivity contribution >= 4 is 5.97 Å². The summed E-state index contributed by atoms with van der Waals surface area (Å²) in [6, 6.07) is 5.47. The zero-order valence-corrected chi connectivity index (χ0v) is 11.1. The Kier molecular flexibility index (Phi) is 5.49. The van der Waals surface area contributed by atoms with Gasteiger partial charge in [-0.2, -0.15) is 0 Å². The standard InChI is InChI=1S/C14H20O4/c1-4-8-17-12-6-7-13(11(5-2)9-12)18-10(3)14(15)16/h6-7,9-10H,4-5,8H2,1-3H3,(H,15,16). The van der Waals surface area contributed by atoms with E-state index in [0.717, 1.165) is 24.2 Å². The van der Waals surface area contributed by atoms with Crippen molar-refractivity contribution in [2.24, 2.45) is 0 Å². The highest BCUT2D eigenvalue weighted by molar-refractivity contribution is 5.72. The van der Waals surface area contributed by atoms with E-state index in [2.05, 4.69) is 0 Å². The summed E-state index contributed by atoms with van der Waals surface area (Å²) in [5, 5.41) is 8.83. The monoisotopic (exact) mass is 252 g/mol. The molecule has 18 heavy (non-hydrogen) atoms. The zero-order chi connectivity index (χ0) is 13.5. The van der Waals surface area contributed by atoms with Crippen molar-refractivity contribution in [2.75, 3.05) is 6.61 Å². The van der Waals surface area contributed by atoms with E-state index in [0.29, 0.717) is 12.4 Å². The second-order valence-electron chi connectivity index (χ2n) is 4.07. The van der Waals surface area contributed by atoms with Crippen LogP contribution in [0.3, 0.4) is 0 Å². The van der Waals surface area contributed by atoms with Gasteiger partial charge in [-0.3, -0.25) is 0 Å². The number of ether oxygens (including phenoxy) is 2. The number of carboxylic acids is 1. The van der Waals surface area contributed by atoms with Crippen molar-refractivity contribution < 1.29 is 19.4 Å². The lowest BCUT2D eigenvalue weighted by Crippen LogP contribution is -2.23. The Hall–Kier alpha value is -1.71. The van der Waals surface area contributed by atoms with Gasteiger partial charge in [0.05, 0.1) is 6.61 Å². The van der Waals surface area contributed by atoms with Crippen molar-refractivity contribution in [1.82, 2.24) is 0 Å². The third kappa shape index (κ3) is 3.95. The van der Waals surface area contributed by atoms with E-state index < -0.39 is 12.1 Å². The van der Waals surface area contributed by atoms with Crippen molar-refractivity contribution in [2.45, 2.75) is 39.7 Å². The fraction of sp³-hybridized carbons (Fsp3) is 0.500. The fourth-order valence-corrected chi connectivity index (χ4v) is 1.50. The molecule has 1 N–H and O–H groups in total. The summed E-state index contributed by atoms with van der Waals surface area (Å²) in [5.74, 6) is 0.434. The predicted molar refractivity (Wildman–Crippen MR) is 69.3 cm³/mol. The molecule has 0 spiro atoms. The van der Waals surface area contributed by atoms with Crippen molar-refractivity contribution in [3.05, 3.63) is 23.8 Å². The van der Waals surface area contributed by atoms with Crippen LogP contribution in [0.15, 0.2) is 18.2 Å². The van der Waals surface area contributed by atoms with Crippen LogP contribution in [0.2, 0.25) is 0 Å². The number of carboxylic acid groups (broad SMARTS) is 1. The lowest BCUT2D eigenvalue weighted by molar-refractivity contribution is -0.144. The topological polar surface area (TPSA) is 55.8 Å². The molecule has 0 radical (unpaired) electrons. The van der Waals surface area contributed by atoms with Crippen LogP contribution in [0.5, 0.6) is 11.5 Å². The third-order valence-electron chi connectivity index (χ3n) is 2.54. The fourth-order valence-electron chi connectivity index (χ4n) is 1.50. The van der Waals surface area contributed by atoms with Crippen LogP contribution in [0, 0.1) is 0 Å². The van der Waals surface area contributed by atoms with E-state index in [1.165, 1.54) is 6.92 Å². The Morgan fingerprint density at radius 2 is 2.11 bits per heavy atom. The molecule has 1 unspecified atom stereocenters. The summed E-state index contributed by atoms with van der Waals surface area (Å²) < 4.78 is 10.9. The molecule has 1 rings (SSSR count). The molecule has 1 aromatic rings. The van der Waals surface area contributed by atoms with E-state index in [9.17, 15) is 4.79 Å². The predicted octanol–water partition coefficient (Wildman–Crippen LogP) is 2.89. The molecule has 0 aliphatic heterocycles. The second-order valence-corrected chi connectivity index (χ2v) is 4.07. The highest BCUT2D eigenvalue weighted by Crippen LogP contribution is 2.25. The van der Waals surface area contributed by atoms with E-state index in [1.54, 1.807) is 12.1 Å². The largest absolute Gasteiger partial charge is 0.494 e. The maximum Gasteiger partial charge on any atom is 0.344 e. The first kappa shape index (κ1) is 14.4. The Morgan fingerprint density at radius 3 is 2.67 bits per heavy atom. The van der Waals surface area contributed by atoms with Crippen LogP contribution in [0.25, 0.3) is 0 Å². The van der Waals surface area contributed by atoms with Crippen LogP contribution in [-0.2, 0) is 11.2 Å². The molecule has 0 saturated heterocycles. The molecule has 0 saturated carbocycles. The Bertz CT molecular complexity index is 401. The normalized spacial score (nSPS) is 11.9. The van der Waals surface area contributed by atoms with Crippen molar-refractivity contribution in [3.63, 3.8) is 0 Å². The van der Waals surface area contributed by atoms with Gasteiger partial charge in [0.15, 0.2) is 6.10 Å². The van der Waals surface area contributed by atoms with Gasteiger partial charge in [0.25, 0.3) is 0 Å². The molecule has 0 fully saturated rings. The first-order chi connectivity index (χ1) is 8.58. The molecule has 1 atom stereocenters. The van der Waals surface area contributed by atoms with E-state index in [-0.39, 0.29) is 0 Å². The van der Waals surface area contributed by atoms with Crippen LogP contribution in [0.4, 0.5) is 0 Å². The van der Waals surface area contributed by atoms with Crippen molar-refractivity contribution in [1.29, 1.82) is 0 Å². The molecule has 0 aromatic heterocycles. The average molecular weight is 252 g/mol. The minimum atomic E-state index is -0.969. The molecule has 0 amide bonds. The summed E-state index contributed by atoms with van der Waals surface area (Å²) in [6.07, 6.45) is 0.874. The van der Waals surface area contributed by atoms with Gasteiger partial charge in [0.2, 0.25) is 0 Å². The van der Waals surface area contributed by atoms with Crippen LogP contribution >= 0.6 is 0 Å². The van der Waals surface area contributed by atoms with Gasteiger partial charge in [-0.15, -0.1) is 0 Å². The summed E-state index contributed by atoms with van der Waals surface area (Å²) in [7, 11) is 0. The number of hydrogen-bond donors (Lipinski definition) is 1.